The number of rotatable bonds is 5. The van der Waals surface area contributed by atoms with Gasteiger partial charge in [-0.1, -0.05) is 19.3 Å². The lowest BCUT2D eigenvalue weighted by molar-refractivity contribution is 0.0695. The van der Waals surface area contributed by atoms with Gasteiger partial charge in [0, 0.05) is 23.4 Å². The minimum atomic E-state index is -1.17. The van der Waals surface area contributed by atoms with Gasteiger partial charge in [-0.05, 0) is 37.1 Å². The van der Waals surface area contributed by atoms with Crippen LogP contribution in [0.2, 0.25) is 0 Å². The second kappa shape index (κ2) is 7.86. The van der Waals surface area contributed by atoms with Crippen LogP contribution in [-0.4, -0.2) is 28.9 Å². The molecule has 1 aromatic heterocycles. The Balaban J connectivity index is 1.58. The second-order valence-electron chi connectivity index (χ2n) is 6.34. The number of aromatic carboxylic acids is 1. The van der Waals surface area contributed by atoms with E-state index in [9.17, 15) is 14.4 Å². The molecule has 1 heterocycles. The van der Waals surface area contributed by atoms with Crippen LogP contribution in [0.1, 0.15) is 63.4 Å². The summed E-state index contributed by atoms with van der Waals surface area (Å²) < 4.78 is 4.95. The first-order valence-corrected chi connectivity index (χ1v) is 8.57. The largest absolute Gasteiger partial charge is 0.478 e. The molecule has 1 aromatic carbocycles. The summed E-state index contributed by atoms with van der Waals surface area (Å²) in [6.45, 7) is 0. The van der Waals surface area contributed by atoms with Crippen molar-refractivity contribution in [3.8, 4) is 0 Å². The van der Waals surface area contributed by atoms with E-state index in [1.54, 1.807) is 24.3 Å². The van der Waals surface area contributed by atoms with E-state index in [1.807, 2.05) is 0 Å². The highest BCUT2D eigenvalue weighted by Crippen LogP contribution is 2.18. The number of furan rings is 1. The number of amides is 2. The number of hydrogen-bond donors (Lipinski definition) is 3. The van der Waals surface area contributed by atoms with E-state index in [0.717, 1.165) is 38.0 Å². The third-order valence-electron chi connectivity index (χ3n) is 4.42. The molecule has 7 nitrogen and oxygen atoms in total. The molecule has 136 valence electrons. The summed E-state index contributed by atoms with van der Waals surface area (Å²) in [5.41, 5.74) is 0.919. The van der Waals surface area contributed by atoms with Crippen LogP contribution in [0.4, 0.5) is 5.69 Å². The van der Waals surface area contributed by atoms with Crippen molar-refractivity contribution >= 4 is 23.5 Å². The Bertz CT molecular complexity index is 804. The van der Waals surface area contributed by atoms with Crippen LogP contribution >= 0.6 is 0 Å². The van der Waals surface area contributed by atoms with Gasteiger partial charge in [0.15, 0.2) is 5.76 Å². The fraction of sp³-hybridized carbons (Fsp3) is 0.316. The first-order chi connectivity index (χ1) is 12.5. The van der Waals surface area contributed by atoms with Crippen molar-refractivity contribution in [1.29, 1.82) is 0 Å². The maximum Gasteiger partial charge on any atom is 0.338 e. The maximum atomic E-state index is 12.3. The summed E-state index contributed by atoms with van der Waals surface area (Å²) >= 11 is 0. The molecule has 3 N–H and O–H groups in total. The minimum Gasteiger partial charge on any atom is -0.478 e. The van der Waals surface area contributed by atoms with Gasteiger partial charge in [0.25, 0.3) is 11.8 Å². The van der Waals surface area contributed by atoms with E-state index in [-0.39, 0.29) is 23.3 Å². The molecule has 3 rings (SSSR count). The SMILES string of the molecule is O=C(O)c1coc(C(=O)Nc2ccc(C(=O)NC3CCCCC3)cc2)c1. The molecule has 2 amide bonds. The van der Waals surface area contributed by atoms with Crippen molar-refractivity contribution < 1.29 is 23.9 Å². The highest BCUT2D eigenvalue weighted by atomic mass is 16.4. The van der Waals surface area contributed by atoms with Gasteiger partial charge in [-0.25, -0.2) is 4.79 Å². The molecule has 0 aliphatic heterocycles. The molecule has 0 unspecified atom stereocenters. The molecule has 1 saturated carbocycles. The molecule has 0 atom stereocenters. The number of benzene rings is 1. The van der Waals surface area contributed by atoms with Crippen molar-refractivity contribution in [3.63, 3.8) is 0 Å². The number of carboxylic acids is 1. The van der Waals surface area contributed by atoms with E-state index >= 15 is 0 Å². The van der Waals surface area contributed by atoms with Crippen LogP contribution in [0.3, 0.4) is 0 Å². The van der Waals surface area contributed by atoms with Crippen molar-refractivity contribution in [1.82, 2.24) is 5.32 Å². The zero-order valence-electron chi connectivity index (χ0n) is 14.2. The summed E-state index contributed by atoms with van der Waals surface area (Å²) in [4.78, 5) is 35.1. The van der Waals surface area contributed by atoms with Gasteiger partial charge in [-0.2, -0.15) is 0 Å². The van der Waals surface area contributed by atoms with Gasteiger partial charge in [-0.15, -0.1) is 0 Å². The number of carbonyl (C=O) groups excluding carboxylic acids is 2. The molecule has 0 saturated heterocycles. The Morgan fingerprint density at radius 1 is 0.962 bits per heavy atom. The zero-order chi connectivity index (χ0) is 18.5. The molecule has 1 aliphatic rings. The Labute approximate surface area is 150 Å². The maximum absolute atomic E-state index is 12.3. The second-order valence-corrected chi connectivity index (χ2v) is 6.34. The lowest BCUT2D eigenvalue weighted by Gasteiger charge is -2.22. The van der Waals surface area contributed by atoms with Crippen LogP contribution in [0.25, 0.3) is 0 Å². The third kappa shape index (κ3) is 4.30. The van der Waals surface area contributed by atoms with Gasteiger partial charge >= 0.3 is 5.97 Å². The topological polar surface area (TPSA) is 109 Å². The van der Waals surface area contributed by atoms with Gasteiger partial charge in [0.1, 0.15) is 6.26 Å². The van der Waals surface area contributed by atoms with Crippen LogP contribution in [0.15, 0.2) is 41.0 Å². The fourth-order valence-corrected chi connectivity index (χ4v) is 2.98. The predicted octanol–water partition coefficient (Wildman–Crippen LogP) is 3.29. The minimum absolute atomic E-state index is 0.0927. The summed E-state index contributed by atoms with van der Waals surface area (Å²) in [6, 6.07) is 7.91. The molecular weight excluding hydrogens is 336 g/mol. The average Bonchev–Trinajstić information content (AvgIpc) is 3.14. The highest BCUT2D eigenvalue weighted by molar-refractivity contribution is 6.04. The van der Waals surface area contributed by atoms with Gasteiger partial charge in [-0.3, -0.25) is 9.59 Å². The molecule has 1 fully saturated rings. The lowest BCUT2D eigenvalue weighted by Crippen LogP contribution is -2.36. The smallest absolute Gasteiger partial charge is 0.338 e. The Morgan fingerprint density at radius 2 is 1.65 bits per heavy atom. The molecule has 0 radical (unpaired) electrons. The summed E-state index contributed by atoms with van der Waals surface area (Å²) in [7, 11) is 0. The lowest BCUT2D eigenvalue weighted by atomic mass is 9.95. The quantitative estimate of drug-likeness (QED) is 0.762. The number of carboxylic acid groups (broad SMARTS) is 1. The van der Waals surface area contributed by atoms with E-state index in [4.69, 9.17) is 9.52 Å². The zero-order valence-corrected chi connectivity index (χ0v) is 14.2. The molecule has 2 aromatic rings. The van der Waals surface area contributed by atoms with Crippen molar-refractivity contribution in [2.75, 3.05) is 5.32 Å². The normalized spacial score (nSPS) is 14.6. The number of carbonyl (C=O) groups is 3. The standard InChI is InChI=1S/C19H20N2O5/c22-17(20-14-4-2-1-3-5-14)12-6-8-15(9-7-12)21-18(23)16-10-13(11-26-16)19(24)25/h6-11,14H,1-5H2,(H,20,22)(H,21,23)(H,24,25). The molecule has 7 heteroatoms. The van der Waals surface area contributed by atoms with Gasteiger partial charge in [0.2, 0.25) is 0 Å². The van der Waals surface area contributed by atoms with E-state index in [0.29, 0.717) is 11.3 Å². The predicted molar refractivity (Wildman–Crippen MR) is 94.4 cm³/mol. The van der Waals surface area contributed by atoms with Crippen LogP contribution in [0.5, 0.6) is 0 Å². The third-order valence-corrected chi connectivity index (χ3v) is 4.42. The average molecular weight is 356 g/mol. The van der Waals surface area contributed by atoms with E-state index in [1.165, 1.54) is 6.42 Å². The molecule has 26 heavy (non-hydrogen) atoms. The number of nitrogens with one attached hydrogen (secondary N) is 2. The van der Waals surface area contributed by atoms with Crippen molar-refractivity contribution in [2.24, 2.45) is 0 Å². The number of anilines is 1. The number of hydrogen-bond acceptors (Lipinski definition) is 4. The van der Waals surface area contributed by atoms with Crippen molar-refractivity contribution in [3.05, 3.63) is 53.5 Å². The van der Waals surface area contributed by atoms with Gasteiger partial charge in [0.05, 0.1) is 5.56 Å². The monoisotopic (exact) mass is 356 g/mol. The van der Waals surface area contributed by atoms with Crippen LogP contribution in [0, 0.1) is 0 Å². The summed E-state index contributed by atoms with van der Waals surface area (Å²) in [5, 5.41) is 14.5. The van der Waals surface area contributed by atoms with Crippen LogP contribution in [-0.2, 0) is 0 Å². The molecule has 1 aliphatic carbocycles. The molecule has 0 spiro atoms. The van der Waals surface area contributed by atoms with Gasteiger partial charge < -0.3 is 20.2 Å². The summed E-state index contributed by atoms with van der Waals surface area (Å²) in [5.74, 6) is -1.94. The fourth-order valence-electron chi connectivity index (χ4n) is 2.98. The Kier molecular flexibility index (Phi) is 5.36. The summed E-state index contributed by atoms with van der Waals surface area (Å²) in [6.07, 6.45) is 6.56. The Hall–Kier alpha value is -3.09. The molecular formula is C19H20N2O5. The van der Waals surface area contributed by atoms with Crippen LogP contribution < -0.4 is 10.6 Å². The highest BCUT2D eigenvalue weighted by Gasteiger charge is 2.17. The Morgan fingerprint density at radius 3 is 2.27 bits per heavy atom. The molecule has 0 bridgehead atoms. The first-order valence-electron chi connectivity index (χ1n) is 8.57. The first kappa shape index (κ1) is 17.7. The van der Waals surface area contributed by atoms with Crippen molar-refractivity contribution in [2.45, 2.75) is 38.1 Å². The van der Waals surface area contributed by atoms with E-state index < -0.39 is 11.9 Å². The van der Waals surface area contributed by atoms with E-state index in [2.05, 4.69) is 10.6 Å².